The minimum absolute atomic E-state index is 0.136. The third-order valence-corrected chi connectivity index (χ3v) is 5.01. The van der Waals surface area contributed by atoms with E-state index in [1.54, 1.807) is 17.8 Å². The van der Waals surface area contributed by atoms with Gasteiger partial charge in [0.2, 0.25) is 0 Å². The molecule has 2 aromatic rings. The van der Waals surface area contributed by atoms with E-state index in [1.807, 2.05) is 4.57 Å². The van der Waals surface area contributed by atoms with Gasteiger partial charge in [-0.15, -0.1) is 0 Å². The van der Waals surface area contributed by atoms with Crippen LogP contribution in [0.3, 0.4) is 0 Å². The van der Waals surface area contributed by atoms with Crippen LogP contribution >= 0.6 is 0 Å². The van der Waals surface area contributed by atoms with E-state index < -0.39 is 0 Å². The van der Waals surface area contributed by atoms with Crippen molar-refractivity contribution in [3.63, 3.8) is 0 Å². The van der Waals surface area contributed by atoms with Gasteiger partial charge in [-0.05, 0) is 39.0 Å². The van der Waals surface area contributed by atoms with Gasteiger partial charge in [0, 0.05) is 25.6 Å². The SMILES string of the molecule is CCCCCn1cnc2c1c(=O)n(CCCCC(C)=O)c(=O)n2C1CC1. The van der Waals surface area contributed by atoms with E-state index in [0.29, 0.717) is 37.0 Å². The maximum Gasteiger partial charge on any atom is 0.332 e. The first-order chi connectivity index (χ1) is 12.5. The molecule has 0 bridgehead atoms. The van der Waals surface area contributed by atoms with Crippen LogP contribution in [0.25, 0.3) is 11.2 Å². The largest absolute Gasteiger partial charge is 0.332 e. The molecule has 0 radical (unpaired) electrons. The summed E-state index contributed by atoms with van der Waals surface area (Å²) in [5, 5.41) is 0. The molecule has 0 atom stereocenters. The molecule has 1 fully saturated rings. The zero-order valence-electron chi connectivity index (χ0n) is 15.7. The van der Waals surface area contributed by atoms with Crippen molar-refractivity contribution in [3.05, 3.63) is 27.2 Å². The van der Waals surface area contributed by atoms with Crippen LogP contribution in [0, 0.1) is 0 Å². The molecule has 142 valence electrons. The molecule has 0 unspecified atom stereocenters. The highest BCUT2D eigenvalue weighted by Gasteiger charge is 2.30. The minimum atomic E-state index is -0.258. The molecule has 0 aromatic carbocycles. The number of imidazole rings is 1. The van der Waals surface area contributed by atoms with E-state index in [1.165, 1.54) is 4.57 Å². The average Bonchev–Trinajstić information content (AvgIpc) is 3.34. The van der Waals surface area contributed by atoms with Crippen molar-refractivity contribution in [2.75, 3.05) is 0 Å². The number of carbonyl (C=O) groups is 1. The number of unbranched alkanes of at least 4 members (excludes halogenated alkanes) is 3. The number of Topliss-reactive ketones (excluding diaryl/α,β-unsaturated/α-hetero) is 1. The number of rotatable bonds is 10. The molecule has 7 heteroatoms. The van der Waals surface area contributed by atoms with Crippen LogP contribution < -0.4 is 11.2 Å². The summed E-state index contributed by atoms with van der Waals surface area (Å²) >= 11 is 0. The summed E-state index contributed by atoms with van der Waals surface area (Å²) in [6.45, 7) is 4.80. The van der Waals surface area contributed by atoms with Crippen LogP contribution in [0.4, 0.5) is 0 Å². The normalized spacial score (nSPS) is 14.2. The van der Waals surface area contributed by atoms with Crippen LogP contribution in [0.1, 0.15) is 71.3 Å². The smallest absolute Gasteiger partial charge is 0.325 e. The van der Waals surface area contributed by atoms with E-state index in [2.05, 4.69) is 11.9 Å². The summed E-state index contributed by atoms with van der Waals surface area (Å²) < 4.78 is 4.95. The Hall–Kier alpha value is -2.18. The van der Waals surface area contributed by atoms with Crippen molar-refractivity contribution in [1.82, 2.24) is 18.7 Å². The lowest BCUT2D eigenvalue weighted by atomic mass is 10.2. The molecule has 26 heavy (non-hydrogen) atoms. The summed E-state index contributed by atoms with van der Waals surface area (Å²) in [5.74, 6) is 0.136. The monoisotopic (exact) mass is 360 g/mol. The summed E-state index contributed by atoms with van der Waals surface area (Å²) in [5.41, 5.74) is 0.559. The molecule has 0 saturated heterocycles. The maximum absolute atomic E-state index is 13.0. The molecule has 0 N–H and O–H groups in total. The fourth-order valence-electron chi connectivity index (χ4n) is 3.41. The van der Waals surface area contributed by atoms with Crippen molar-refractivity contribution < 1.29 is 4.79 Å². The molecule has 7 nitrogen and oxygen atoms in total. The van der Waals surface area contributed by atoms with Gasteiger partial charge in [-0.25, -0.2) is 9.78 Å². The van der Waals surface area contributed by atoms with Gasteiger partial charge in [-0.2, -0.15) is 0 Å². The molecule has 3 rings (SSSR count). The quantitative estimate of drug-likeness (QED) is 0.610. The third-order valence-electron chi connectivity index (χ3n) is 5.01. The Labute approximate surface area is 152 Å². The van der Waals surface area contributed by atoms with Crippen LogP contribution in [-0.2, 0) is 17.9 Å². The fraction of sp³-hybridized carbons (Fsp3) is 0.684. The van der Waals surface area contributed by atoms with E-state index >= 15 is 0 Å². The summed E-state index contributed by atoms with van der Waals surface area (Å²) in [6, 6.07) is 0.160. The van der Waals surface area contributed by atoms with Gasteiger partial charge in [0.25, 0.3) is 5.56 Å². The number of aryl methyl sites for hydroxylation is 1. The second-order valence-electron chi connectivity index (χ2n) is 7.32. The number of aromatic nitrogens is 4. The van der Waals surface area contributed by atoms with Gasteiger partial charge in [-0.1, -0.05) is 19.8 Å². The second kappa shape index (κ2) is 8.01. The third kappa shape index (κ3) is 3.81. The number of hydrogen-bond donors (Lipinski definition) is 0. The van der Waals surface area contributed by atoms with Gasteiger partial charge >= 0.3 is 5.69 Å². The minimum Gasteiger partial charge on any atom is -0.325 e. The highest BCUT2D eigenvalue weighted by Crippen LogP contribution is 2.34. The zero-order chi connectivity index (χ0) is 18.7. The van der Waals surface area contributed by atoms with Gasteiger partial charge in [0.1, 0.15) is 5.78 Å². The van der Waals surface area contributed by atoms with E-state index in [4.69, 9.17) is 0 Å². The Bertz CT molecular complexity index is 902. The summed E-state index contributed by atoms with van der Waals surface area (Å²) in [4.78, 5) is 41.4. The molecule has 0 amide bonds. The first-order valence-electron chi connectivity index (χ1n) is 9.74. The number of carbonyl (C=O) groups excluding carboxylic acids is 1. The van der Waals surface area contributed by atoms with Crippen molar-refractivity contribution in [1.29, 1.82) is 0 Å². The first kappa shape index (κ1) is 18.6. The van der Waals surface area contributed by atoms with Gasteiger partial charge < -0.3 is 9.36 Å². The molecular formula is C19H28N4O3. The fourth-order valence-corrected chi connectivity index (χ4v) is 3.41. The highest BCUT2D eigenvalue weighted by atomic mass is 16.2. The number of ketones is 1. The topological polar surface area (TPSA) is 78.9 Å². The Morgan fingerprint density at radius 2 is 1.88 bits per heavy atom. The summed E-state index contributed by atoms with van der Waals surface area (Å²) in [6.07, 6.45) is 8.64. The van der Waals surface area contributed by atoms with Crippen molar-refractivity contribution in [3.8, 4) is 0 Å². The molecule has 0 aliphatic heterocycles. The van der Waals surface area contributed by atoms with Crippen LogP contribution in [0.2, 0.25) is 0 Å². The predicted octanol–water partition coefficient (Wildman–Crippen LogP) is 2.64. The lowest BCUT2D eigenvalue weighted by Gasteiger charge is -2.12. The maximum atomic E-state index is 13.0. The Morgan fingerprint density at radius 1 is 1.15 bits per heavy atom. The van der Waals surface area contributed by atoms with E-state index in [9.17, 15) is 14.4 Å². The number of nitrogens with zero attached hydrogens (tertiary/aromatic N) is 4. The van der Waals surface area contributed by atoms with Gasteiger partial charge in [0.15, 0.2) is 11.2 Å². The number of fused-ring (bicyclic) bond motifs is 1. The highest BCUT2D eigenvalue weighted by molar-refractivity contribution is 5.75. The number of hydrogen-bond acceptors (Lipinski definition) is 4. The van der Waals surface area contributed by atoms with Gasteiger partial charge in [0.05, 0.1) is 6.33 Å². The molecule has 2 aromatic heterocycles. The first-order valence-corrected chi connectivity index (χ1v) is 9.74. The standard InChI is InChI=1S/C19H28N4O3/c1-3-4-6-11-21-13-20-17-16(21)18(25)22(12-7-5-8-14(2)24)19(26)23(17)15-9-10-15/h13,15H,3-12H2,1-2H3. The van der Waals surface area contributed by atoms with Crippen molar-refractivity contribution >= 4 is 16.9 Å². The molecule has 2 heterocycles. The van der Waals surface area contributed by atoms with Crippen LogP contribution in [0.15, 0.2) is 15.9 Å². The molecule has 1 aliphatic carbocycles. The molecule has 1 aliphatic rings. The lowest BCUT2D eigenvalue weighted by molar-refractivity contribution is -0.117. The predicted molar refractivity (Wildman–Crippen MR) is 101 cm³/mol. The zero-order valence-corrected chi connectivity index (χ0v) is 15.7. The van der Waals surface area contributed by atoms with Crippen molar-refractivity contribution in [2.45, 2.75) is 84.3 Å². The Morgan fingerprint density at radius 3 is 2.54 bits per heavy atom. The Kier molecular flexibility index (Phi) is 5.74. The van der Waals surface area contributed by atoms with Crippen molar-refractivity contribution in [2.24, 2.45) is 0 Å². The molecule has 1 saturated carbocycles. The average molecular weight is 360 g/mol. The van der Waals surface area contributed by atoms with Crippen LogP contribution in [-0.4, -0.2) is 24.5 Å². The van der Waals surface area contributed by atoms with Crippen LogP contribution in [0.5, 0.6) is 0 Å². The summed E-state index contributed by atoms with van der Waals surface area (Å²) in [7, 11) is 0. The molecular weight excluding hydrogens is 332 g/mol. The lowest BCUT2D eigenvalue weighted by Crippen LogP contribution is -2.40. The molecule has 0 spiro atoms. The Balaban J connectivity index is 1.97. The van der Waals surface area contributed by atoms with E-state index in [0.717, 1.165) is 38.6 Å². The second-order valence-corrected chi connectivity index (χ2v) is 7.32. The van der Waals surface area contributed by atoms with Gasteiger partial charge in [-0.3, -0.25) is 13.9 Å². The van der Waals surface area contributed by atoms with E-state index in [-0.39, 0.29) is 23.1 Å².